The maximum atomic E-state index is 2.12. The van der Waals surface area contributed by atoms with Gasteiger partial charge in [0.25, 0.3) is 0 Å². The fourth-order valence-corrected chi connectivity index (χ4v) is 0.637. The van der Waals surface area contributed by atoms with Crippen molar-refractivity contribution in [2.45, 2.75) is 13.8 Å². The summed E-state index contributed by atoms with van der Waals surface area (Å²) in [7, 11) is 0. The summed E-state index contributed by atoms with van der Waals surface area (Å²) in [5.74, 6) is 0. The molecule has 1 rings (SSSR count). The third-order valence-corrected chi connectivity index (χ3v) is 1.22. The Hall–Kier alpha value is 0.480. The van der Waals surface area contributed by atoms with Gasteiger partial charge in [0.2, 0.25) is 0 Å². The molecule has 0 fully saturated rings. The molecule has 0 saturated heterocycles. The number of aryl methyl sites for hydroxylation is 2. The summed E-state index contributed by atoms with van der Waals surface area (Å²) < 4.78 is 0. The molecule has 46 valence electrons. The molecule has 0 radical (unpaired) electrons. The van der Waals surface area contributed by atoms with Crippen molar-refractivity contribution in [2.75, 3.05) is 0 Å². The molecule has 0 nitrogen and oxygen atoms in total. The van der Waals surface area contributed by atoms with Gasteiger partial charge in [-0.15, -0.1) is 0 Å². The van der Waals surface area contributed by atoms with Crippen LogP contribution in [0.15, 0.2) is 24.3 Å². The SMILES string of the molecule is Cc1ccc(C)cc1.[Ca+2].[H-].[H-]. The van der Waals surface area contributed by atoms with Gasteiger partial charge in [0.1, 0.15) is 0 Å². The predicted molar refractivity (Wildman–Crippen MR) is 43.9 cm³/mol. The van der Waals surface area contributed by atoms with Crippen LogP contribution in [0.5, 0.6) is 0 Å². The third-order valence-electron chi connectivity index (χ3n) is 1.22. The monoisotopic (exact) mass is 148 g/mol. The molecule has 1 aromatic carbocycles. The van der Waals surface area contributed by atoms with Crippen molar-refractivity contribution in [3.05, 3.63) is 35.4 Å². The van der Waals surface area contributed by atoms with Crippen molar-refractivity contribution < 1.29 is 2.85 Å². The van der Waals surface area contributed by atoms with E-state index in [1.54, 1.807) is 0 Å². The first-order chi connectivity index (χ1) is 3.79. The second-order valence-corrected chi connectivity index (χ2v) is 2.15. The number of benzene rings is 1. The van der Waals surface area contributed by atoms with E-state index in [2.05, 4.69) is 38.1 Å². The molecule has 0 N–H and O–H groups in total. The van der Waals surface area contributed by atoms with E-state index in [1.807, 2.05) is 0 Å². The normalized spacial score (nSPS) is 8.22. The molecule has 0 spiro atoms. The van der Waals surface area contributed by atoms with Gasteiger partial charge in [0, 0.05) is 0 Å². The Bertz CT molecular complexity index is 151. The summed E-state index contributed by atoms with van der Waals surface area (Å²) in [5, 5.41) is 0. The molecule has 0 aliphatic rings. The zero-order chi connectivity index (χ0) is 5.98. The van der Waals surface area contributed by atoms with Crippen LogP contribution in [-0.4, -0.2) is 37.7 Å². The van der Waals surface area contributed by atoms with Crippen LogP contribution in [0.25, 0.3) is 0 Å². The van der Waals surface area contributed by atoms with Gasteiger partial charge in [-0.25, -0.2) is 0 Å². The van der Waals surface area contributed by atoms with Crippen LogP contribution in [0.3, 0.4) is 0 Å². The Kier molecular flexibility index (Phi) is 4.55. The van der Waals surface area contributed by atoms with Crippen LogP contribution in [0.1, 0.15) is 14.0 Å². The van der Waals surface area contributed by atoms with Gasteiger partial charge < -0.3 is 2.85 Å². The van der Waals surface area contributed by atoms with E-state index < -0.39 is 0 Å². The summed E-state index contributed by atoms with van der Waals surface area (Å²) in [4.78, 5) is 0. The first-order valence-electron chi connectivity index (χ1n) is 2.82. The van der Waals surface area contributed by atoms with Crippen molar-refractivity contribution in [3.63, 3.8) is 0 Å². The van der Waals surface area contributed by atoms with E-state index in [-0.39, 0.29) is 40.6 Å². The van der Waals surface area contributed by atoms with E-state index in [1.165, 1.54) is 11.1 Å². The van der Waals surface area contributed by atoms with Gasteiger partial charge in [-0.1, -0.05) is 35.4 Å². The van der Waals surface area contributed by atoms with Gasteiger partial charge in [0.15, 0.2) is 0 Å². The number of rotatable bonds is 0. The summed E-state index contributed by atoms with van der Waals surface area (Å²) in [6.45, 7) is 4.19. The van der Waals surface area contributed by atoms with Gasteiger partial charge in [-0.2, -0.15) is 0 Å². The molecular formula is C8H12Ca. The van der Waals surface area contributed by atoms with Gasteiger partial charge in [-0.05, 0) is 13.8 Å². The zero-order valence-electron chi connectivity index (χ0n) is 8.02. The van der Waals surface area contributed by atoms with Crippen molar-refractivity contribution in [2.24, 2.45) is 0 Å². The average Bonchev–Trinajstić information content (AvgIpc) is 1.77. The largest absolute Gasteiger partial charge is 2.00 e. The van der Waals surface area contributed by atoms with Crippen LogP contribution in [-0.2, 0) is 0 Å². The van der Waals surface area contributed by atoms with Gasteiger partial charge in [-0.3, -0.25) is 0 Å². The Labute approximate surface area is 89.2 Å². The zero-order valence-corrected chi connectivity index (χ0v) is 8.22. The molecule has 0 heterocycles. The van der Waals surface area contributed by atoms with Gasteiger partial charge >= 0.3 is 37.7 Å². The van der Waals surface area contributed by atoms with Crippen LogP contribution in [0, 0.1) is 13.8 Å². The predicted octanol–water partition coefficient (Wildman–Crippen LogP) is 2.15. The van der Waals surface area contributed by atoms with E-state index >= 15 is 0 Å². The first kappa shape index (κ1) is 9.48. The molecule has 1 aromatic rings. The van der Waals surface area contributed by atoms with Crippen LogP contribution in [0.4, 0.5) is 0 Å². The maximum Gasteiger partial charge on any atom is 2.00 e. The molecule has 0 bridgehead atoms. The van der Waals surface area contributed by atoms with E-state index in [0.29, 0.717) is 0 Å². The quantitative estimate of drug-likeness (QED) is 0.494. The fraction of sp³-hybridized carbons (Fsp3) is 0.250. The standard InChI is InChI=1S/C8H10.Ca.2H/c1-7-3-5-8(2)6-4-7;;;/h3-6H,1-2H3;;;/q;+2;2*-1. The summed E-state index contributed by atoms with van der Waals surface area (Å²) in [6.07, 6.45) is 0. The van der Waals surface area contributed by atoms with Gasteiger partial charge in [0.05, 0.1) is 0 Å². The fourth-order valence-electron chi connectivity index (χ4n) is 0.637. The number of hydrogen-bond acceptors (Lipinski definition) is 0. The van der Waals surface area contributed by atoms with Crippen molar-refractivity contribution in [1.29, 1.82) is 0 Å². The summed E-state index contributed by atoms with van der Waals surface area (Å²) >= 11 is 0. The molecule has 0 aliphatic heterocycles. The van der Waals surface area contributed by atoms with Crippen LogP contribution >= 0.6 is 0 Å². The molecule has 0 aliphatic carbocycles. The molecule has 0 unspecified atom stereocenters. The molecule has 9 heavy (non-hydrogen) atoms. The Morgan fingerprint density at radius 1 is 0.889 bits per heavy atom. The van der Waals surface area contributed by atoms with E-state index in [4.69, 9.17) is 0 Å². The summed E-state index contributed by atoms with van der Waals surface area (Å²) in [5.41, 5.74) is 2.66. The second kappa shape index (κ2) is 4.32. The molecule has 0 aromatic heterocycles. The smallest absolute Gasteiger partial charge is 1.00 e. The number of hydrogen-bond donors (Lipinski definition) is 0. The minimum Gasteiger partial charge on any atom is -1.00 e. The minimum absolute atomic E-state index is 0. The van der Waals surface area contributed by atoms with Crippen molar-refractivity contribution in [3.8, 4) is 0 Å². The van der Waals surface area contributed by atoms with Crippen LogP contribution in [0.2, 0.25) is 0 Å². The van der Waals surface area contributed by atoms with E-state index in [9.17, 15) is 0 Å². The molecule has 1 heteroatoms. The molecule has 0 atom stereocenters. The van der Waals surface area contributed by atoms with Crippen molar-refractivity contribution in [1.82, 2.24) is 0 Å². The first-order valence-corrected chi connectivity index (χ1v) is 2.82. The minimum atomic E-state index is 0. The topological polar surface area (TPSA) is 0 Å². The molecule has 0 amide bonds. The Balaban J connectivity index is -0.000000213. The van der Waals surface area contributed by atoms with E-state index in [0.717, 1.165) is 0 Å². The van der Waals surface area contributed by atoms with Crippen LogP contribution < -0.4 is 0 Å². The molecule has 0 saturated carbocycles. The molecular weight excluding hydrogens is 136 g/mol. The summed E-state index contributed by atoms with van der Waals surface area (Å²) in [6, 6.07) is 8.48. The van der Waals surface area contributed by atoms with Crippen molar-refractivity contribution >= 4 is 37.7 Å². The average molecular weight is 148 g/mol. The maximum absolute atomic E-state index is 2.12. The second-order valence-electron chi connectivity index (χ2n) is 2.15. The Morgan fingerprint density at radius 2 is 1.11 bits per heavy atom. The Morgan fingerprint density at radius 3 is 1.33 bits per heavy atom. The third kappa shape index (κ3) is 3.24.